The molecule has 0 fully saturated rings. The zero-order valence-electron chi connectivity index (χ0n) is 11.7. The number of rotatable bonds is 4. The van der Waals surface area contributed by atoms with Crippen LogP contribution in [-0.2, 0) is 0 Å². The number of nitrogens with two attached hydrogens (primary N) is 1. The summed E-state index contributed by atoms with van der Waals surface area (Å²) < 4.78 is 19.3. The molecule has 0 saturated carbocycles. The second kappa shape index (κ2) is 5.51. The molecule has 0 aliphatic rings. The fourth-order valence-corrected chi connectivity index (χ4v) is 3.08. The maximum absolute atomic E-state index is 13.2. The number of hydrogen-bond acceptors (Lipinski definition) is 6. The number of thiophene rings is 1. The minimum Gasteiger partial charge on any atom is -0.333 e. The summed E-state index contributed by atoms with van der Waals surface area (Å²) in [7, 11) is 3.86. The average Bonchev–Trinajstić information content (AvgIpc) is 3.03. The number of nitrogens with zero attached hydrogens (tertiary/aromatic N) is 3. The highest BCUT2D eigenvalue weighted by Crippen LogP contribution is 2.33. The Morgan fingerprint density at radius 1 is 1.38 bits per heavy atom. The van der Waals surface area contributed by atoms with E-state index in [4.69, 9.17) is 10.3 Å². The fraction of sp³-hybridized carbons (Fsp3) is 0.286. The van der Waals surface area contributed by atoms with Crippen molar-refractivity contribution in [1.29, 1.82) is 0 Å². The second-order valence-electron chi connectivity index (χ2n) is 5.12. The fourth-order valence-electron chi connectivity index (χ4n) is 2.07. The van der Waals surface area contributed by atoms with E-state index >= 15 is 0 Å². The molecule has 0 amide bonds. The molecule has 1 unspecified atom stereocenters. The number of benzene rings is 1. The summed E-state index contributed by atoms with van der Waals surface area (Å²) in [4.78, 5) is 7.11. The van der Waals surface area contributed by atoms with Crippen molar-refractivity contribution in [2.24, 2.45) is 5.73 Å². The largest absolute Gasteiger partial charge is 0.333 e. The summed E-state index contributed by atoms with van der Waals surface area (Å²) in [6.07, 6.45) is 0. The Kier molecular flexibility index (Phi) is 3.71. The van der Waals surface area contributed by atoms with E-state index in [0.717, 1.165) is 15.0 Å². The van der Waals surface area contributed by atoms with Gasteiger partial charge < -0.3 is 15.2 Å². The van der Waals surface area contributed by atoms with Crippen molar-refractivity contribution in [2.45, 2.75) is 6.04 Å². The van der Waals surface area contributed by atoms with Crippen molar-refractivity contribution in [2.75, 3.05) is 20.6 Å². The topological polar surface area (TPSA) is 68.2 Å². The first-order chi connectivity index (χ1) is 10.0. The molecule has 3 rings (SSSR count). The van der Waals surface area contributed by atoms with Crippen LogP contribution in [0.15, 0.2) is 28.8 Å². The highest BCUT2D eigenvalue weighted by Gasteiger charge is 2.17. The molecular formula is C14H15FN4OS. The number of halogens is 1. The minimum atomic E-state index is -0.302. The Hall–Kier alpha value is -1.83. The van der Waals surface area contributed by atoms with Crippen molar-refractivity contribution in [3.63, 3.8) is 0 Å². The highest BCUT2D eigenvalue weighted by atomic mass is 32.1. The lowest BCUT2D eigenvalue weighted by Crippen LogP contribution is -2.26. The molecule has 1 atom stereocenters. The standard InChI is InChI=1S/C14H15FN4OS/c1-19(2)7-10(16)13-17-14(20-18-13)12-5-8-3-4-9(15)6-11(8)21-12/h3-6,10H,7,16H2,1-2H3. The van der Waals surface area contributed by atoms with Gasteiger partial charge in [-0.2, -0.15) is 4.98 Å². The number of fused-ring (bicyclic) bond motifs is 1. The molecule has 0 bridgehead atoms. The van der Waals surface area contributed by atoms with Gasteiger partial charge >= 0.3 is 0 Å². The van der Waals surface area contributed by atoms with Gasteiger partial charge in [-0.15, -0.1) is 11.3 Å². The number of hydrogen-bond donors (Lipinski definition) is 1. The van der Waals surface area contributed by atoms with E-state index in [2.05, 4.69) is 10.1 Å². The van der Waals surface area contributed by atoms with Crippen molar-refractivity contribution in [3.05, 3.63) is 35.9 Å². The Bertz CT molecular complexity index is 767. The van der Waals surface area contributed by atoms with Gasteiger partial charge in [0, 0.05) is 11.2 Å². The Labute approximate surface area is 125 Å². The monoisotopic (exact) mass is 306 g/mol. The van der Waals surface area contributed by atoms with Gasteiger partial charge in [0.25, 0.3) is 5.89 Å². The smallest absolute Gasteiger partial charge is 0.268 e. The zero-order valence-corrected chi connectivity index (χ0v) is 12.5. The van der Waals surface area contributed by atoms with E-state index < -0.39 is 0 Å². The van der Waals surface area contributed by atoms with Gasteiger partial charge in [0.15, 0.2) is 5.82 Å². The molecule has 0 saturated heterocycles. The maximum Gasteiger partial charge on any atom is 0.268 e. The lowest BCUT2D eigenvalue weighted by molar-refractivity contribution is 0.357. The molecule has 5 nitrogen and oxygen atoms in total. The third-order valence-corrected chi connectivity index (χ3v) is 4.11. The van der Waals surface area contributed by atoms with E-state index in [-0.39, 0.29) is 11.9 Å². The maximum atomic E-state index is 13.2. The molecule has 2 heterocycles. The molecule has 110 valence electrons. The van der Waals surface area contributed by atoms with Crippen molar-refractivity contribution < 1.29 is 8.91 Å². The van der Waals surface area contributed by atoms with Gasteiger partial charge in [0.05, 0.1) is 10.9 Å². The van der Waals surface area contributed by atoms with Crippen LogP contribution in [0.2, 0.25) is 0 Å². The molecule has 21 heavy (non-hydrogen) atoms. The van der Waals surface area contributed by atoms with Crippen LogP contribution in [0.4, 0.5) is 4.39 Å². The van der Waals surface area contributed by atoms with Crippen LogP contribution in [0.25, 0.3) is 20.9 Å². The third kappa shape index (κ3) is 2.94. The molecule has 2 aromatic heterocycles. The van der Waals surface area contributed by atoms with Crippen LogP contribution in [0, 0.1) is 5.82 Å². The quantitative estimate of drug-likeness (QED) is 0.802. The van der Waals surface area contributed by atoms with Crippen molar-refractivity contribution >= 4 is 21.4 Å². The summed E-state index contributed by atoms with van der Waals surface area (Å²) in [6, 6.07) is 6.28. The van der Waals surface area contributed by atoms with Crippen LogP contribution in [0.1, 0.15) is 11.9 Å². The van der Waals surface area contributed by atoms with Gasteiger partial charge in [-0.3, -0.25) is 0 Å². The molecule has 0 spiro atoms. The summed E-state index contributed by atoms with van der Waals surface area (Å²) in [5.41, 5.74) is 6.01. The van der Waals surface area contributed by atoms with Gasteiger partial charge in [0.1, 0.15) is 5.82 Å². The summed E-state index contributed by atoms with van der Waals surface area (Å²) in [5, 5.41) is 4.88. The molecule has 0 radical (unpaired) electrons. The van der Waals surface area contributed by atoms with Gasteiger partial charge in [-0.1, -0.05) is 11.2 Å². The minimum absolute atomic E-state index is 0.255. The summed E-state index contributed by atoms with van der Waals surface area (Å²) in [6.45, 7) is 0.636. The lowest BCUT2D eigenvalue weighted by atomic mass is 10.2. The number of aromatic nitrogens is 2. The van der Waals surface area contributed by atoms with Crippen LogP contribution < -0.4 is 5.73 Å². The summed E-state index contributed by atoms with van der Waals surface area (Å²) >= 11 is 1.42. The molecule has 2 N–H and O–H groups in total. The predicted molar refractivity (Wildman–Crippen MR) is 80.6 cm³/mol. The van der Waals surface area contributed by atoms with E-state index in [9.17, 15) is 4.39 Å². The van der Waals surface area contributed by atoms with Crippen LogP contribution in [0.5, 0.6) is 0 Å². The SMILES string of the molecule is CN(C)CC(N)c1noc(-c2cc3ccc(F)cc3s2)n1. The Balaban J connectivity index is 1.90. The van der Waals surface area contributed by atoms with Crippen LogP contribution in [-0.4, -0.2) is 35.7 Å². The van der Waals surface area contributed by atoms with E-state index in [0.29, 0.717) is 18.3 Å². The Morgan fingerprint density at radius 3 is 2.95 bits per heavy atom. The zero-order chi connectivity index (χ0) is 15.0. The molecule has 0 aliphatic heterocycles. The average molecular weight is 306 g/mol. The van der Waals surface area contributed by atoms with E-state index in [1.165, 1.54) is 23.5 Å². The van der Waals surface area contributed by atoms with E-state index in [1.807, 2.05) is 25.1 Å². The van der Waals surface area contributed by atoms with Crippen LogP contribution in [0.3, 0.4) is 0 Å². The molecule has 1 aromatic carbocycles. The molecule has 3 aromatic rings. The molecule has 0 aliphatic carbocycles. The first-order valence-corrected chi connectivity index (χ1v) is 7.28. The Morgan fingerprint density at radius 2 is 2.19 bits per heavy atom. The van der Waals surface area contributed by atoms with Crippen LogP contribution >= 0.6 is 11.3 Å². The van der Waals surface area contributed by atoms with Crippen molar-refractivity contribution in [1.82, 2.24) is 15.0 Å². The molecular weight excluding hydrogens is 291 g/mol. The van der Waals surface area contributed by atoms with E-state index in [1.54, 1.807) is 6.07 Å². The normalized spacial score (nSPS) is 13.2. The van der Waals surface area contributed by atoms with Gasteiger partial charge in [0.2, 0.25) is 0 Å². The second-order valence-corrected chi connectivity index (χ2v) is 6.20. The highest BCUT2D eigenvalue weighted by molar-refractivity contribution is 7.22. The first-order valence-electron chi connectivity index (χ1n) is 6.46. The van der Waals surface area contributed by atoms with Gasteiger partial charge in [-0.05, 0) is 37.7 Å². The third-order valence-electron chi connectivity index (χ3n) is 3.03. The number of likely N-dealkylation sites (N-methyl/N-ethyl adjacent to an activating group) is 1. The summed E-state index contributed by atoms with van der Waals surface area (Å²) in [5.74, 6) is 0.637. The predicted octanol–water partition coefficient (Wildman–Crippen LogP) is 2.65. The first kappa shape index (κ1) is 14.1. The van der Waals surface area contributed by atoms with Crippen molar-refractivity contribution in [3.8, 4) is 10.8 Å². The van der Waals surface area contributed by atoms with Gasteiger partial charge in [-0.25, -0.2) is 4.39 Å². The molecule has 7 heteroatoms. The lowest BCUT2D eigenvalue weighted by Gasteiger charge is -2.12.